The zero-order valence-electron chi connectivity index (χ0n) is 10.3. The normalized spacial score (nSPS) is 23.6. The molecule has 1 aliphatic rings. The van der Waals surface area contributed by atoms with E-state index in [9.17, 15) is 0 Å². The molecule has 1 fully saturated rings. The van der Waals surface area contributed by atoms with Crippen molar-refractivity contribution in [1.29, 1.82) is 0 Å². The molecule has 1 aromatic rings. The van der Waals surface area contributed by atoms with Crippen molar-refractivity contribution in [3.8, 4) is 0 Å². The quantitative estimate of drug-likeness (QED) is 0.814. The first-order valence-electron chi connectivity index (χ1n) is 5.86. The van der Waals surface area contributed by atoms with E-state index in [1.165, 1.54) is 6.42 Å². The van der Waals surface area contributed by atoms with Crippen molar-refractivity contribution < 1.29 is 0 Å². The van der Waals surface area contributed by atoms with E-state index in [4.69, 9.17) is 5.73 Å². The van der Waals surface area contributed by atoms with Crippen LogP contribution in [0.5, 0.6) is 0 Å². The van der Waals surface area contributed by atoms with E-state index in [1.807, 2.05) is 13.8 Å². The van der Waals surface area contributed by atoms with Gasteiger partial charge in [-0.2, -0.15) is 0 Å². The van der Waals surface area contributed by atoms with Crippen LogP contribution >= 0.6 is 0 Å². The number of hydrogen-bond acceptors (Lipinski definition) is 4. The summed E-state index contributed by atoms with van der Waals surface area (Å²) in [6.07, 6.45) is 1.19. The van der Waals surface area contributed by atoms with Crippen LogP contribution in [-0.4, -0.2) is 35.0 Å². The summed E-state index contributed by atoms with van der Waals surface area (Å²) in [5.41, 5.74) is 8.02. The highest BCUT2D eigenvalue weighted by molar-refractivity contribution is 5.17. The monoisotopic (exact) mass is 220 g/mol. The molecule has 2 N–H and O–H groups in total. The number of aryl methyl sites for hydroxylation is 1. The van der Waals surface area contributed by atoms with Crippen LogP contribution in [0.2, 0.25) is 0 Å². The molecule has 0 spiro atoms. The maximum Gasteiger partial charge on any atom is 0.145 e. The Morgan fingerprint density at radius 1 is 1.50 bits per heavy atom. The molecule has 2 unspecified atom stereocenters. The third-order valence-electron chi connectivity index (χ3n) is 3.11. The van der Waals surface area contributed by atoms with E-state index in [0.29, 0.717) is 5.92 Å². The number of nitrogens with zero attached hydrogens (tertiary/aromatic N) is 3. The number of aromatic nitrogens is 2. The highest BCUT2D eigenvalue weighted by atomic mass is 15.1. The summed E-state index contributed by atoms with van der Waals surface area (Å²) in [5.74, 6) is 1.31. The third-order valence-corrected chi connectivity index (χ3v) is 3.11. The Kier molecular flexibility index (Phi) is 3.21. The first kappa shape index (κ1) is 11.5. The molecule has 1 aliphatic heterocycles. The molecule has 4 nitrogen and oxygen atoms in total. The number of likely N-dealkylation sites (N-methyl/N-ethyl adjacent to an activating group) is 1. The Labute approximate surface area is 96.9 Å². The molecule has 2 heterocycles. The number of rotatable bonds is 2. The Bertz CT molecular complexity index is 375. The molecule has 16 heavy (non-hydrogen) atoms. The maximum atomic E-state index is 5.84. The number of nitrogens with two attached hydrogens (primary N) is 1. The van der Waals surface area contributed by atoms with Crippen molar-refractivity contribution in [3.05, 3.63) is 23.3 Å². The Balaban J connectivity index is 2.27. The summed E-state index contributed by atoms with van der Waals surface area (Å²) in [4.78, 5) is 11.3. The van der Waals surface area contributed by atoms with Crippen LogP contribution in [0, 0.1) is 6.92 Å². The van der Waals surface area contributed by atoms with Crippen molar-refractivity contribution in [2.24, 2.45) is 5.73 Å². The fourth-order valence-electron chi connectivity index (χ4n) is 2.21. The molecule has 2 atom stereocenters. The minimum atomic E-state index is -0.0854. The second-order valence-electron chi connectivity index (χ2n) is 4.83. The summed E-state index contributed by atoms with van der Waals surface area (Å²) in [6, 6.07) is 2.01. The van der Waals surface area contributed by atoms with Crippen molar-refractivity contribution in [2.75, 3.05) is 20.1 Å². The average molecular weight is 220 g/mol. The summed E-state index contributed by atoms with van der Waals surface area (Å²) in [6.45, 7) is 6.19. The maximum absolute atomic E-state index is 5.84. The molecular weight excluding hydrogens is 200 g/mol. The van der Waals surface area contributed by atoms with Crippen LogP contribution in [0.15, 0.2) is 6.07 Å². The van der Waals surface area contributed by atoms with Crippen LogP contribution in [0.1, 0.15) is 42.5 Å². The SMILES string of the molecule is Cc1cc(C2CCN(C)C2)nc(C(C)N)n1. The lowest BCUT2D eigenvalue weighted by Gasteiger charge is -2.13. The molecule has 2 rings (SSSR count). The number of hydrogen-bond donors (Lipinski definition) is 1. The highest BCUT2D eigenvalue weighted by Crippen LogP contribution is 2.25. The molecule has 0 saturated carbocycles. The van der Waals surface area contributed by atoms with Gasteiger partial charge in [-0.15, -0.1) is 0 Å². The molecule has 0 amide bonds. The molecule has 1 saturated heterocycles. The minimum absolute atomic E-state index is 0.0854. The third kappa shape index (κ3) is 2.39. The Morgan fingerprint density at radius 2 is 2.25 bits per heavy atom. The predicted molar refractivity (Wildman–Crippen MR) is 64.2 cm³/mol. The van der Waals surface area contributed by atoms with Crippen LogP contribution in [0.25, 0.3) is 0 Å². The molecule has 0 bridgehead atoms. The second kappa shape index (κ2) is 4.47. The Morgan fingerprint density at radius 3 is 2.81 bits per heavy atom. The van der Waals surface area contributed by atoms with Crippen LogP contribution in [-0.2, 0) is 0 Å². The standard InChI is InChI=1S/C12H20N4/c1-8-6-11(10-4-5-16(3)7-10)15-12(14-8)9(2)13/h6,9-10H,4-5,7,13H2,1-3H3. The summed E-state index contributed by atoms with van der Waals surface area (Å²) in [5, 5.41) is 0. The van der Waals surface area contributed by atoms with Gasteiger partial charge < -0.3 is 10.6 Å². The van der Waals surface area contributed by atoms with Crippen LogP contribution in [0.3, 0.4) is 0 Å². The van der Waals surface area contributed by atoms with E-state index in [2.05, 4.69) is 28.0 Å². The molecule has 0 radical (unpaired) electrons. The summed E-state index contributed by atoms with van der Waals surface area (Å²) < 4.78 is 0. The zero-order valence-corrected chi connectivity index (χ0v) is 10.3. The number of likely N-dealkylation sites (tertiary alicyclic amines) is 1. The zero-order chi connectivity index (χ0) is 11.7. The molecule has 4 heteroatoms. The van der Waals surface area contributed by atoms with Gasteiger partial charge in [0.1, 0.15) is 5.82 Å². The van der Waals surface area contributed by atoms with E-state index in [1.54, 1.807) is 0 Å². The van der Waals surface area contributed by atoms with Gasteiger partial charge in [-0.3, -0.25) is 0 Å². The summed E-state index contributed by atoms with van der Waals surface area (Å²) >= 11 is 0. The lowest BCUT2D eigenvalue weighted by Crippen LogP contribution is -2.16. The first-order chi connectivity index (χ1) is 7.56. The first-order valence-corrected chi connectivity index (χ1v) is 5.86. The van der Waals surface area contributed by atoms with Gasteiger partial charge in [-0.1, -0.05) is 0 Å². The minimum Gasteiger partial charge on any atom is -0.322 e. The highest BCUT2D eigenvalue weighted by Gasteiger charge is 2.23. The predicted octanol–water partition coefficient (Wildman–Crippen LogP) is 1.22. The fraction of sp³-hybridized carbons (Fsp3) is 0.667. The molecule has 88 valence electrons. The van der Waals surface area contributed by atoms with Crippen molar-refractivity contribution >= 4 is 0 Å². The largest absolute Gasteiger partial charge is 0.322 e. The van der Waals surface area contributed by atoms with Gasteiger partial charge in [0.05, 0.1) is 6.04 Å². The van der Waals surface area contributed by atoms with Gasteiger partial charge in [0.15, 0.2) is 0 Å². The lowest BCUT2D eigenvalue weighted by molar-refractivity contribution is 0.410. The van der Waals surface area contributed by atoms with Gasteiger partial charge in [-0.05, 0) is 39.9 Å². The molecule has 0 aliphatic carbocycles. The van der Waals surface area contributed by atoms with Gasteiger partial charge in [0.2, 0.25) is 0 Å². The Hall–Kier alpha value is -1.00. The van der Waals surface area contributed by atoms with Gasteiger partial charge in [-0.25, -0.2) is 9.97 Å². The van der Waals surface area contributed by atoms with Gasteiger partial charge >= 0.3 is 0 Å². The van der Waals surface area contributed by atoms with E-state index >= 15 is 0 Å². The lowest BCUT2D eigenvalue weighted by atomic mass is 10.0. The second-order valence-corrected chi connectivity index (χ2v) is 4.83. The van der Waals surface area contributed by atoms with Crippen LogP contribution < -0.4 is 5.73 Å². The van der Waals surface area contributed by atoms with E-state index in [-0.39, 0.29) is 6.04 Å². The topological polar surface area (TPSA) is 55.0 Å². The van der Waals surface area contributed by atoms with Gasteiger partial charge in [0, 0.05) is 23.9 Å². The molecule has 0 aromatic carbocycles. The van der Waals surface area contributed by atoms with E-state index < -0.39 is 0 Å². The fourth-order valence-corrected chi connectivity index (χ4v) is 2.21. The van der Waals surface area contributed by atoms with Crippen molar-refractivity contribution in [2.45, 2.75) is 32.2 Å². The van der Waals surface area contributed by atoms with Crippen LogP contribution in [0.4, 0.5) is 0 Å². The average Bonchev–Trinajstić information content (AvgIpc) is 2.64. The van der Waals surface area contributed by atoms with Gasteiger partial charge in [0.25, 0.3) is 0 Å². The van der Waals surface area contributed by atoms with E-state index in [0.717, 1.165) is 30.3 Å². The summed E-state index contributed by atoms with van der Waals surface area (Å²) in [7, 11) is 2.15. The smallest absolute Gasteiger partial charge is 0.145 e. The molecule has 1 aromatic heterocycles. The van der Waals surface area contributed by atoms with Crippen molar-refractivity contribution in [1.82, 2.24) is 14.9 Å². The van der Waals surface area contributed by atoms with Crippen molar-refractivity contribution in [3.63, 3.8) is 0 Å². The molecular formula is C12H20N4.